The summed E-state index contributed by atoms with van der Waals surface area (Å²) in [6, 6.07) is 0. The Bertz CT molecular complexity index is 947. The number of aryl methyl sites for hydroxylation is 1. The molecule has 0 radical (unpaired) electrons. The van der Waals surface area contributed by atoms with Gasteiger partial charge in [-0.05, 0) is 64.0 Å². The molecule has 7 heteroatoms. The standard InChI is InChI=1S/C29H45NO5S/c1-8-10-23-27(33)19(3)12-9-11-18(2)13-14-24(20(4)15-22-17-36-21(5)30-22)35-26(32)16-25(31)29(6,7)28(23)34/h13,15,17,19,23-25,27,31,33H,8-12,14,16H2,1-7H3/b18-13-,20-15+/t19-,23+,24-,25-,27-/m0/s1. The van der Waals surface area contributed by atoms with Gasteiger partial charge >= 0.3 is 5.97 Å². The van der Waals surface area contributed by atoms with E-state index >= 15 is 0 Å². The summed E-state index contributed by atoms with van der Waals surface area (Å²) in [5.41, 5.74) is 1.72. The molecule has 1 aliphatic heterocycles. The van der Waals surface area contributed by atoms with Gasteiger partial charge in [-0.2, -0.15) is 0 Å². The Balaban J connectivity index is 2.36. The van der Waals surface area contributed by atoms with Crippen LogP contribution in [0.3, 0.4) is 0 Å². The first-order valence-electron chi connectivity index (χ1n) is 13.2. The number of ketones is 1. The van der Waals surface area contributed by atoms with Crippen molar-refractivity contribution in [3.63, 3.8) is 0 Å². The molecule has 2 rings (SSSR count). The minimum absolute atomic E-state index is 0.0383. The van der Waals surface area contributed by atoms with Crippen molar-refractivity contribution in [1.82, 2.24) is 4.98 Å². The fourth-order valence-electron chi connectivity index (χ4n) is 4.81. The fraction of sp³-hybridized carbons (Fsp3) is 0.690. The highest BCUT2D eigenvalue weighted by Gasteiger charge is 2.43. The van der Waals surface area contributed by atoms with E-state index in [-0.39, 0.29) is 18.1 Å². The molecular formula is C29H45NO5S. The molecule has 0 amide bonds. The molecule has 5 atom stereocenters. The van der Waals surface area contributed by atoms with Gasteiger partial charge in [0.25, 0.3) is 0 Å². The molecule has 0 saturated heterocycles. The van der Waals surface area contributed by atoms with Crippen LogP contribution < -0.4 is 0 Å². The second-order valence-electron chi connectivity index (χ2n) is 11.0. The molecular weight excluding hydrogens is 474 g/mol. The maximum Gasteiger partial charge on any atom is 0.309 e. The van der Waals surface area contributed by atoms with E-state index in [1.165, 1.54) is 5.57 Å². The highest BCUT2D eigenvalue weighted by atomic mass is 32.1. The average molecular weight is 520 g/mol. The van der Waals surface area contributed by atoms with Crippen LogP contribution in [0.1, 0.15) is 97.2 Å². The molecule has 36 heavy (non-hydrogen) atoms. The summed E-state index contributed by atoms with van der Waals surface area (Å²) in [6.07, 6.45) is 5.70. The van der Waals surface area contributed by atoms with Crippen molar-refractivity contribution in [1.29, 1.82) is 0 Å². The lowest BCUT2D eigenvalue weighted by Gasteiger charge is -2.36. The molecule has 0 spiro atoms. The number of ether oxygens (including phenoxy) is 1. The van der Waals surface area contributed by atoms with Crippen LogP contribution in [0.2, 0.25) is 0 Å². The maximum atomic E-state index is 13.6. The number of nitrogens with zero attached hydrogens (tertiary/aromatic N) is 1. The van der Waals surface area contributed by atoms with Crippen molar-refractivity contribution < 1.29 is 24.5 Å². The monoisotopic (exact) mass is 519 g/mol. The van der Waals surface area contributed by atoms with Gasteiger partial charge in [0.15, 0.2) is 0 Å². The van der Waals surface area contributed by atoms with Crippen LogP contribution in [-0.4, -0.2) is 45.3 Å². The third kappa shape index (κ3) is 8.35. The lowest BCUT2D eigenvalue weighted by molar-refractivity contribution is -0.154. The lowest BCUT2D eigenvalue weighted by atomic mass is 9.71. The molecule has 0 bridgehead atoms. The number of hydrogen-bond donors (Lipinski definition) is 2. The first-order valence-corrected chi connectivity index (χ1v) is 14.1. The zero-order valence-electron chi connectivity index (χ0n) is 23.0. The van der Waals surface area contributed by atoms with Crippen molar-refractivity contribution in [2.75, 3.05) is 0 Å². The highest BCUT2D eigenvalue weighted by molar-refractivity contribution is 7.09. The summed E-state index contributed by atoms with van der Waals surface area (Å²) in [7, 11) is 0. The molecule has 2 N–H and O–H groups in total. The van der Waals surface area contributed by atoms with Crippen LogP contribution in [-0.2, 0) is 14.3 Å². The molecule has 0 aromatic carbocycles. The number of carbonyl (C=O) groups is 2. The van der Waals surface area contributed by atoms with Crippen molar-refractivity contribution in [2.24, 2.45) is 17.3 Å². The molecule has 1 aromatic heterocycles. The summed E-state index contributed by atoms with van der Waals surface area (Å²) in [5, 5.41) is 25.0. The Morgan fingerprint density at radius 1 is 1.28 bits per heavy atom. The summed E-state index contributed by atoms with van der Waals surface area (Å²) >= 11 is 1.57. The van der Waals surface area contributed by atoms with Gasteiger partial charge in [-0.1, -0.05) is 45.8 Å². The van der Waals surface area contributed by atoms with Crippen LogP contribution >= 0.6 is 11.3 Å². The smallest absolute Gasteiger partial charge is 0.309 e. The van der Waals surface area contributed by atoms with E-state index in [9.17, 15) is 19.8 Å². The SMILES string of the molecule is CCC[C@H]1C(=O)C(C)(C)[C@@H](O)CC(=O)O[C@H](/C(C)=C/c2csc(C)n2)C/C=C(/C)CCC[C@H](C)[C@@H]1O. The number of esters is 1. The number of cyclic esters (lactones) is 1. The number of rotatable bonds is 4. The molecule has 0 saturated carbocycles. The first-order chi connectivity index (χ1) is 16.9. The van der Waals surface area contributed by atoms with E-state index in [1.807, 2.05) is 39.2 Å². The Morgan fingerprint density at radius 2 is 1.97 bits per heavy atom. The summed E-state index contributed by atoms with van der Waals surface area (Å²) in [5.74, 6) is -1.35. The first kappa shape index (κ1) is 30.4. The topological polar surface area (TPSA) is 96.7 Å². The van der Waals surface area contributed by atoms with Crippen LogP contribution in [0.25, 0.3) is 6.08 Å². The van der Waals surface area contributed by atoms with Crippen LogP contribution in [0.15, 0.2) is 22.6 Å². The van der Waals surface area contributed by atoms with Gasteiger partial charge in [0.1, 0.15) is 11.9 Å². The van der Waals surface area contributed by atoms with Gasteiger partial charge in [0, 0.05) is 17.7 Å². The predicted molar refractivity (Wildman–Crippen MR) is 146 cm³/mol. The van der Waals surface area contributed by atoms with Crippen molar-refractivity contribution in [3.05, 3.63) is 33.3 Å². The van der Waals surface area contributed by atoms with Gasteiger partial charge in [0.2, 0.25) is 0 Å². The van der Waals surface area contributed by atoms with E-state index in [0.717, 1.165) is 42.0 Å². The zero-order chi connectivity index (χ0) is 27.0. The van der Waals surface area contributed by atoms with Gasteiger partial charge in [-0.15, -0.1) is 11.3 Å². The molecule has 6 nitrogen and oxygen atoms in total. The number of allylic oxidation sites excluding steroid dienone is 1. The molecule has 1 aromatic rings. The maximum absolute atomic E-state index is 13.6. The van der Waals surface area contributed by atoms with E-state index < -0.39 is 35.6 Å². The minimum atomic E-state index is -1.21. The summed E-state index contributed by atoms with van der Waals surface area (Å²) in [6.45, 7) is 13.3. The number of aliphatic hydroxyl groups is 2. The van der Waals surface area contributed by atoms with Gasteiger partial charge in [-0.25, -0.2) is 4.98 Å². The number of hydrogen-bond acceptors (Lipinski definition) is 7. The minimum Gasteiger partial charge on any atom is -0.457 e. The molecule has 1 aliphatic rings. The highest BCUT2D eigenvalue weighted by Crippen LogP contribution is 2.34. The Hall–Kier alpha value is -1.83. The van der Waals surface area contributed by atoms with E-state index in [0.29, 0.717) is 12.8 Å². The number of aliphatic hydroxyl groups excluding tert-OH is 2. The summed E-state index contributed by atoms with van der Waals surface area (Å²) < 4.78 is 5.86. The Kier molecular flexibility index (Phi) is 11.5. The number of carbonyl (C=O) groups excluding carboxylic acids is 2. The normalized spacial score (nSPS) is 31.0. The van der Waals surface area contributed by atoms with Crippen molar-refractivity contribution >= 4 is 29.2 Å². The second kappa shape index (κ2) is 13.6. The molecule has 0 unspecified atom stereocenters. The number of aromatic nitrogens is 1. The quantitative estimate of drug-likeness (QED) is 0.371. The molecule has 202 valence electrons. The third-order valence-corrected chi connectivity index (χ3v) is 8.26. The van der Waals surface area contributed by atoms with E-state index in [4.69, 9.17) is 4.74 Å². The van der Waals surface area contributed by atoms with Gasteiger partial charge < -0.3 is 14.9 Å². The Labute approximate surface area is 220 Å². The molecule has 2 heterocycles. The predicted octanol–water partition coefficient (Wildman–Crippen LogP) is 6.05. The molecule has 0 fully saturated rings. The third-order valence-electron chi connectivity index (χ3n) is 7.46. The van der Waals surface area contributed by atoms with E-state index in [1.54, 1.807) is 25.2 Å². The number of Topliss-reactive ketones (excluding diaryl/α,β-unsaturated/α-hetero) is 1. The van der Waals surface area contributed by atoms with Crippen molar-refractivity contribution in [3.8, 4) is 0 Å². The average Bonchev–Trinajstić information content (AvgIpc) is 3.22. The summed E-state index contributed by atoms with van der Waals surface area (Å²) in [4.78, 5) is 31.0. The lowest BCUT2D eigenvalue weighted by Crippen LogP contribution is -2.46. The number of thiazole rings is 1. The zero-order valence-corrected chi connectivity index (χ0v) is 23.9. The Morgan fingerprint density at radius 3 is 2.58 bits per heavy atom. The van der Waals surface area contributed by atoms with Gasteiger partial charge in [0.05, 0.1) is 34.7 Å². The van der Waals surface area contributed by atoms with Gasteiger partial charge in [-0.3, -0.25) is 9.59 Å². The van der Waals surface area contributed by atoms with Crippen LogP contribution in [0.5, 0.6) is 0 Å². The largest absolute Gasteiger partial charge is 0.457 e. The van der Waals surface area contributed by atoms with Crippen LogP contribution in [0.4, 0.5) is 0 Å². The van der Waals surface area contributed by atoms with Crippen molar-refractivity contribution in [2.45, 2.75) is 112 Å². The van der Waals surface area contributed by atoms with Crippen LogP contribution in [0, 0.1) is 24.2 Å². The second-order valence-corrected chi connectivity index (χ2v) is 12.1. The van der Waals surface area contributed by atoms with E-state index in [2.05, 4.69) is 18.0 Å². The fourth-order valence-corrected chi connectivity index (χ4v) is 5.38. The molecule has 0 aliphatic carbocycles.